The Hall–Kier alpha value is -18.0. The van der Waals surface area contributed by atoms with Gasteiger partial charge in [-0.1, -0.05) is 182 Å². The van der Waals surface area contributed by atoms with Crippen LogP contribution in [0, 0.1) is 89.5 Å². The fraction of sp³-hybridized carbons (Fsp3) is 0.236. The third-order valence-corrected chi connectivity index (χ3v) is 26.7. The van der Waals surface area contributed by atoms with Gasteiger partial charge in [-0.15, -0.1) is 0 Å². The van der Waals surface area contributed by atoms with Crippen LogP contribution in [0.25, 0.3) is 54.6 Å². The molecule has 19 rings (SSSR count). The molecular formula is C123H109N15O5. The van der Waals surface area contributed by atoms with E-state index in [1.807, 2.05) is 252 Å². The number of fused-ring (bicyclic) bond motifs is 5. The summed E-state index contributed by atoms with van der Waals surface area (Å²) in [7, 11) is 10.6. The molecule has 0 N–H and O–H groups in total. The second-order valence-electron chi connectivity index (χ2n) is 37.3. The minimum absolute atomic E-state index is 0.0385. The molecule has 0 radical (unpaired) electrons. The molecule has 20 nitrogen and oxygen atoms in total. The van der Waals surface area contributed by atoms with Crippen LogP contribution in [0.2, 0.25) is 0 Å². The summed E-state index contributed by atoms with van der Waals surface area (Å²) < 4.78 is 31.1. The molecule has 0 amide bonds. The summed E-state index contributed by atoms with van der Waals surface area (Å²) in [6.45, 7) is 49.7. The van der Waals surface area contributed by atoms with Gasteiger partial charge in [0.2, 0.25) is 0 Å². The van der Waals surface area contributed by atoms with Crippen LogP contribution in [0.3, 0.4) is 0 Å². The summed E-state index contributed by atoms with van der Waals surface area (Å²) in [6.07, 6.45) is 36.4. The second-order valence-corrected chi connectivity index (χ2v) is 37.3. The first-order valence-corrected chi connectivity index (χ1v) is 47.7. The number of hydrogen-bond acceptors (Lipinski definition) is 15. The predicted molar refractivity (Wildman–Crippen MR) is 568 cm³/mol. The van der Waals surface area contributed by atoms with Crippen LogP contribution in [-0.2, 0) is 67.0 Å². The van der Waals surface area contributed by atoms with Gasteiger partial charge in [0.25, 0.3) is 28.5 Å². The smallest absolute Gasteiger partial charge is 0.265 e. The average molecular weight is 1880 g/mol. The monoisotopic (exact) mass is 1880 g/mol. The first-order chi connectivity index (χ1) is 69.3. The van der Waals surface area contributed by atoms with E-state index < -0.39 is 16.8 Å². The summed E-state index contributed by atoms with van der Waals surface area (Å²) in [4.78, 5) is 28.3. The number of ether oxygens (including phenoxy) is 5. The van der Waals surface area contributed by atoms with E-state index in [0.29, 0.717) is 72.0 Å². The van der Waals surface area contributed by atoms with Crippen LogP contribution in [0.5, 0.6) is 0 Å². The summed E-state index contributed by atoms with van der Waals surface area (Å²) in [6, 6.07) is 82.4. The molecule has 0 bridgehead atoms. The molecule has 10 aliphatic rings. The van der Waals surface area contributed by atoms with Crippen molar-refractivity contribution < 1.29 is 23.7 Å². The number of benzene rings is 9. The Morgan fingerprint density at radius 2 is 0.608 bits per heavy atom. The molecule has 9 aromatic rings. The van der Waals surface area contributed by atoms with Gasteiger partial charge in [0.05, 0.1) is 69.3 Å². The maximum Gasteiger partial charge on any atom is 0.265 e. The first-order valence-electron chi connectivity index (χ1n) is 47.7. The molecule has 3 atom stereocenters. The van der Waals surface area contributed by atoms with Crippen molar-refractivity contribution in [3.05, 3.63) is 493 Å². The lowest BCUT2D eigenvalue weighted by Crippen LogP contribution is -2.34. The zero-order valence-electron chi connectivity index (χ0n) is 81.9. The standard InChI is InChI=1S/C31H25N3O.C26H23N3O.C25H21N3O.C21H21N3O.C20H19N3O/c1-33-29(22-32)25-20-28(15-13-23-14-16-30-24(19-23)17-18-34(30)2)35-31(21-25,26-9-5-3-6-10-26)27-11-7-4-8-12-27;1-26(22-7-5-4-6-8-22)17-21(24(18-27)28-2)16-23(30-26)11-9-19-10-12-25-20(15-19)13-14-29(25)3;1-27-23(17-26)21-15-22(29-25(16-21)19-6-4-3-5-7-19)10-8-18-9-11-24-20(14-18)12-13-28(24)2;1-21(2)13-17(19(14-22)23-3)12-18(25-21)7-5-15-6-8-20-16(11-15)9-10-24(20)4;1-14-10-17(19(13-21)22-2)12-18(24-14)6-4-15-5-7-20-16(11-15)8-9-23(20)3/h3-16,19-20H,17-18,21H2,2H3;4-12,15-16H,13-14,17H2,1,3H3;3-11,14-15,25H,12-13,16H2,2H3;5-8,11-12H,9-10,13H2,1-2,4H3;4-7,11-12,14H,8-10H2,1,3H3/b15-13+,29-25+;11-9+,24-21+;10-8+,23-21+;7-5+,19-17+;6-4+,19-17-. The van der Waals surface area contributed by atoms with Crippen molar-refractivity contribution in [1.29, 1.82) is 26.3 Å². The quantitative estimate of drug-likeness (QED) is 0.0734. The lowest BCUT2D eigenvalue weighted by molar-refractivity contribution is 0.0143. The zero-order valence-corrected chi connectivity index (χ0v) is 81.9. The number of nitrogens with zero attached hydrogens (tertiary/aromatic N) is 15. The third kappa shape index (κ3) is 24.0. The van der Waals surface area contributed by atoms with Gasteiger partial charge in [-0.05, 0) is 276 Å². The molecular weight excluding hydrogens is 1770 g/mol. The Kier molecular flexibility index (Phi) is 31.7. The van der Waals surface area contributed by atoms with Gasteiger partial charge in [-0.2, -0.15) is 0 Å². The lowest BCUT2D eigenvalue weighted by atomic mass is 9.79. The highest BCUT2D eigenvalue weighted by Gasteiger charge is 2.42. The van der Waals surface area contributed by atoms with Crippen LogP contribution < -0.4 is 24.5 Å². The van der Waals surface area contributed by atoms with Gasteiger partial charge in [0, 0.05) is 140 Å². The van der Waals surface area contributed by atoms with Crippen molar-refractivity contribution in [2.75, 3.05) is 92.5 Å². The van der Waals surface area contributed by atoms with Crippen molar-refractivity contribution in [2.24, 2.45) is 0 Å². The lowest BCUT2D eigenvalue weighted by Gasteiger charge is -2.39. The largest absolute Gasteiger partial charge is 0.490 e. The highest BCUT2D eigenvalue weighted by Crippen LogP contribution is 2.48. The number of hydrogen-bond donors (Lipinski definition) is 0. The topological polar surface area (TPSA) is 203 Å². The Morgan fingerprint density at radius 1 is 0.322 bits per heavy atom. The minimum Gasteiger partial charge on any atom is -0.490 e. The molecule has 10 heterocycles. The molecule has 0 fully saturated rings. The molecule has 0 saturated carbocycles. The summed E-state index contributed by atoms with van der Waals surface area (Å²) in [5.74, 6) is 3.30. The highest BCUT2D eigenvalue weighted by atomic mass is 16.5. The number of anilines is 5. The molecule has 0 aromatic heterocycles. The van der Waals surface area contributed by atoms with Gasteiger partial charge < -0.3 is 48.2 Å². The molecule has 10 aliphatic heterocycles. The molecule has 143 heavy (non-hydrogen) atoms. The van der Waals surface area contributed by atoms with E-state index in [2.05, 4.69) is 181 Å². The molecule has 0 aliphatic carbocycles. The molecule has 0 saturated heterocycles. The minimum atomic E-state index is -0.848. The SMILES string of the molecule is [C-]#[N+]/C(C#N)=C1C=C(/C=C/c2ccc3c(c2)CCN3C)OC(C)(C)C\1.[C-]#[N+]/C(C#N)=C1C=C(/C=C/c2ccc3c(c2)CCN3C)OC(C)(c2ccccc2)C\1.[C-]#[N+]/C(C#N)=C1C=C(/C=C/c2ccc3c(c2)CCN3C)OC(C)C\1.[C-]#[N+]/C(C#N)=C1C=C(/C=C/c2ccc3c(c2)CCN3C)OC(c2ccccc2)(c2ccccc2)C\1.[C-]#[N+]/C(C#N)=C1C=C(/C=C/c2ccc3c(c2)CCN3C)OC(c2ccccc2)C\1. The third-order valence-electron chi connectivity index (χ3n) is 26.7. The number of nitriles is 5. The van der Waals surface area contributed by atoms with Crippen LogP contribution in [-0.4, -0.2) is 79.7 Å². The number of rotatable bonds is 14. The fourth-order valence-corrected chi connectivity index (χ4v) is 19.4. The molecule has 3 unspecified atom stereocenters. The van der Waals surface area contributed by atoms with Crippen molar-refractivity contribution in [1.82, 2.24) is 0 Å². The maximum atomic E-state index is 9.68. The van der Waals surface area contributed by atoms with Crippen molar-refractivity contribution >= 4 is 58.8 Å². The highest BCUT2D eigenvalue weighted by molar-refractivity contribution is 5.71. The van der Waals surface area contributed by atoms with Gasteiger partial charge in [-0.25, -0.2) is 50.5 Å². The summed E-state index contributed by atoms with van der Waals surface area (Å²) in [5.41, 5.74) is 25.1. The van der Waals surface area contributed by atoms with Gasteiger partial charge in [0.1, 0.15) is 46.1 Å². The zero-order chi connectivity index (χ0) is 101. The van der Waals surface area contributed by atoms with E-state index in [1.165, 1.54) is 56.3 Å². The van der Waals surface area contributed by atoms with E-state index in [-0.39, 0.29) is 40.7 Å². The van der Waals surface area contributed by atoms with Crippen molar-refractivity contribution in [3.8, 4) is 30.3 Å². The Bertz CT molecular complexity index is 7270. The van der Waals surface area contributed by atoms with Crippen LogP contribution in [0.4, 0.5) is 28.4 Å². The Labute approximate surface area is 840 Å². The second kappa shape index (κ2) is 45.5. The summed E-state index contributed by atoms with van der Waals surface area (Å²) >= 11 is 0. The van der Waals surface area contributed by atoms with Crippen molar-refractivity contribution in [2.45, 2.75) is 121 Å². The van der Waals surface area contributed by atoms with Crippen LogP contribution >= 0.6 is 0 Å². The molecule has 9 aromatic carbocycles. The van der Waals surface area contributed by atoms with Gasteiger partial charge in [0.15, 0.2) is 5.60 Å². The molecule has 20 heteroatoms. The normalized spacial score (nSPS) is 20.1. The summed E-state index contributed by atoms with van der Waals surface area (Å²) in [5, 5.41) is 46.6. The Morgan fingerprint density at radius 3 is 0.958 bits per heavy atom. The van der Waals surface area contributed by atoms with Crippen LogP contribution in [0.15, 0.2) is 358 Å². The van der Waals surface area contributed by atoms with E-state index in [4.69, 9.17) is 67.1 Å². The van der Waals surface area contributed by atoms with Crippen molar-refractivity contribution in [3.63, 3.8) is 0 Å². The fourth-order valence-electron chi connectivity index (χ4n) is 19.4. The van der Waals surface area contributed by atoms with Crippen LogP contribution in [0.1, 0.15) is 144 Å². The van der Waals surface area contributed by atoms with Gasteiger partial charge >= 0.3 is 0 Å². The average Bonchev–Trinajstić information content (AvgIpc) is 1.10. The van der Waals surface area contributed by atoms with E-state index in [9.17, 15) is 15.8 Å². The first kappa shape index (κ1) is 99.5. The van der Waals surface area contributed by atoms with E-state index in [1.54, 1.807) is 12.2 Å². The maximum absolute atomic E-state index is 9.68. The van der Waals surface area contributed by atoms with E-state index >= 15 is 0 Å². The molecule has 706 valence electrons. The van der Waals surface area contributed by atoms with Gasteiger partial charge in [-0.3, -0.25) is 0 Å². The number of likely N-dealkylation sites (N-methyl/N-ethyl adjacent to an activating group) is 5. The molecule has 0 spiro atoms. The Balaban J connectivity index is 0.000000136. The van der Waals surface area contributed by atoms with E-state index in [0.717, 1.165) is 132 Å². The predicted octanol–water partition coefficient (Wildman–Crippen LogP) is 26.2. The number of allylic oxidation sites excluding steroid dienone is 15.